The largest absolute Gasteiger partial charge is 0.487 e. The van der Waals surface area contributed by atoms with E-state index >= 15 is 0 Å². The number of rotatable bonds is 6. The Kier molecular flexibility index (Phi) is 4.80. The monoisotopic (exact) mass is 312 g/mol. The molecule has 1 heterocycles. The molecule has 0 fully saturated rings. The number of hydroxylamine groups is 1. The standard InChI is InChI=1S/C17H16N2O2S/c20-18-10-13-6-8-16(9-7-13)21-11-15-12-22-17(19-15)14-4-2-1-3-5-14/h1-9,12,18,20H,10-11H2. The minimum Gasteiger partial charge on any atom is -0.487 e. The molecule has 1 aromatic heterocycles. The number of aromatic nitrogens is 1. The van der Waals surface area contributed by atoms with Crippen molar-refractivity contribution in [3.63, 3.8) is 0 Å². The zero-order valence-electron chi connectivity index (χ0n) is 11.9. The molecule has 0 saturated carbocycles. The van der Waals surface area contributed by atoms with Crippen molar-refractivity contribution in [2.75, 3.05) is 0 Å². The van der Waals surface area contributed by atoms with Gasteiger partial charge in [-0.05, 0) is 17.7 Å². The van der Waals surface area contributed by atoms with Crippen LogP contribution in [0.1, 0.15) is 11.3 Å². The highest BCUT2D eigenvalue weighted by molar-refractivity contribution is 7.13. The highest BCUT2D eigenvalue weighted by atomic mass is 32.1. The lowest BCUT2D eigenvalue weighted by Crippen LogP contribution is -2.05. The fourth-order valence-corrected chi connectivity index (χ4v) is 2.85. The molecule has 2 aromatic carbocycles. The van der Waals surface area contributed by atoms with E-state index in [4.69, 9.17) is 9.94 Å². The van der Waals surface area contributed by atoms with Gasteiger partial charge in [0.15, 0.2) is 0 Å². The van der Waals surface area contributed by atoms with Gasteiger partial charge in [-0.25, -0.2) is 10.5 Å². The molecule has 0 atom stereocenters. The van der Waals surface area contributed by atoms with Crippen LogP contribution in [0.3, 0.4) is 0 Å². The van der Waals surface area contributed by atoms with Gasteiger partial charge in [0.05, 0.1) is 5.69 Å². The van der Waals surface area contributed by atoms with E-state index in [9.17, 15) is 0 Å². The summed E-state index contributed by atoms with van der Waals surface area (Å²) in [6.45, 7) is 0.869. The van der Waals surface area contributed by atoms with Gasteiger partial charge in [-0.3, -0.25) is 0 Å². The Bertz CT molecular complexity index is 711. The molecule has 0 amide bonds. The average molecular weight is 312 g/mol. The third-order valence-corrected chi connectivity index (χ3v) is 4.11. The molecule has 3 rings (SSSR count). The van der Waals surface area contributed by atoms with Gasteiger partial charge in [-0.2, -0.15) is 0 Å². The van der Waals surface area contributed by atoms with Crippen molar-refractivity contribution in [1.29, 1.82) is 0 Å². The summed E-state index contributed by atoms with van der Waals surface area (Å²) >= 11 is 1.62. The molecular formula is C17H16N2O2S. The summed E-state index contributed by atoms with van der Waals surface area (Å²) in [7, 11) is 0. The molecule has 0 aliphatic rings. The molecule has 3 aromatic rings. The smallest absolute Gasteiger partial charge is 0.131 e. The predicted octanol–water partition coefficient (Wildman–Crippen LogP) is 3.87. The maximum Gasteiger partial charge on any atom is 0.131 e. The summed E-state index contributed by atoms with van der Waals surface area (Å²) in [5.74, 6) is 0.788. The van der Waals surface area contributed by atoms with Gasteiger partial charge in [0.2, 0.25) is 0 Å². The van der Waals surface area contributed by atoms with E-state index in [0.29, 0.717) is 13.2 Å². The number of hydrogen-bond acceptors (Lipinski definition) is 5. The predicted molar refractivity (Wildman–Crippen MR) is 87.0 cm³/mol. The molecule has 0 aliphatic heterocycles. The highest BCUT2D eigenvalue weighted by Gasteiger charge is 2.05. The number of nitrogens with one attached hydrogen (secondary N) is 1. The summed E-state index contributed by atoms with van der Waals surface area (Å²) in [4.78, 5) is 4.59. The second kappa shape index (κ2) is 7.17. The van der Waals surface area contributed by atoms with Crippen LogP contribution in [0.4, 0.5) is 0 Å². The quantitative estimate of drug-likeness (QED) is 0.679. The first-order valence-corrected chi connectivity index (χ1v) is 7.81. The van der Waals surface area contributed by atoms with Crippen LogP contribution < -0.4 is 10.2 Å². The van der Waals surface area contributed by atoms with Crippen molar-refractivity contribution >= 4 is 11.3 Å². The zero-order valence-corrected chi connectivity index (χ0v) is 12.7. The molecular weight excluding hydrogens is 296 g/mol. The third kappa shape index (κ3) is 3.71. The van der Waals surface area contributed by atoms with Gasteiger partial charge >= 0.3 is 0 Å². The lowest BCUT2D eigenvalue weighted by molar-refractivity contribution is 0.161. The van der Waals surface area contributed by atoms with Crippen LogP contribution >= 0.6 is 11.3 Å². The Labute approximate surface area is 133 Å². The molecule has 5 heteroatoms. The molecule has 2 N–H and O–H groups in total. The van der Waals surface area contributed by atoms with Crippen LogP contribution in [0.2, 0.25) is 0 Å². The number of benzene rings is 2. The number of hydrogen-bond donors (Lipinski definition) is 2. The Balaban J connectivity index is 1.61. The minimum atomic E-state index is 0.423. The van der Waals surface area contributed by atoms with E-state index in [-0.39, 0.29) is 0 Å². The van der Waals surface area contributed by atoms with Crippen LogP contribution in [-0.2, 0) is 13.2 Å². The highest BCUT2D eigenvalue weighted by Crippen LogP contribution is 2.24. The van der Waals surface area contributed by atoms with E-state index in [1.807, 2.05) is 47.8 Å². The van der Waals surface area contributed by atoms with Crippen molar-refractivity contribution in [3.05, 3.63) is 71.2 Å². The number of nitrogens with zero attached hydrogens (tertiary/aromatic N) is 1. The van der Waals surface area contributed by atoms with Gasteiger partial charge in [-0.1, -0.05) is 42.5 Å². The molecule has 0 saturated heterocycles. The van der Waals surface area contributed by atoms with Gasteiger partial charge in [-0.15, -0.1) is 11.3 Å². The second-order valence-electron chi connectivity index (χ2n) is 4.78. The molecule has 0 spiro atoms. The van der Waals surface area contributed by atoms with Crippen LogP contribution in [0, 0.1) is 0 Å². The summed E-state index contributed by atoms with van der Waals surface area (Å²) in [6.07, 6.45) is 0. The fraction of sp³-hybridized carbons (Fsp3) is 0.118. The van der Waals surface area contributed by atoms with E-state index in [1.54, 1.807) is 11.3 Å². The van der Waals surface area contributed by atoms with Gasteiger partial charge in [0.1, 0.15) is 17.4 Å². The molecule has 0 bridgehead atoms. The molecule has 4 nitrogen and oxygen atoms in total. The average Bonchev–Trinajstić information content (AvgIpc) is 3.04. The molecule has 0 radical (unpaired) electrons. The van der Waals surface area contributed by atoms with Gasteiger partial charge in [0.25, 0.3) is 0 Å². The summed E-state index contributed by atoms with van der Waals surface area (Å²) in [6, 6.07) is 17.7. The molecule has 0 aliphatic carbocycles. The van der Waals surface area contributed by atoms with Crippen molar-refractivity contribution in [2.24, 2.45) is 0 Å². The van der Waals surface area contributed by atoms with E-state index in [1.165, 1.54) is 0 Å². The van der Waals surface area contributed by atoms with Crippen molar-refractivity contribution in [1.82, 2.24) is 10.5 Å². The second-order valence-corrected chi connectivity index (χ2v) is 5.64. The SMILES string of the molecule is ONCc1ccc(OCc2csc(-c3ccccc3)n2)cc1. The van der Waals surface area contributed by atoms with Crippen LogP contribution in [0.25, 0.3) is 10.6 Å². The van der Waals surface area contributed by atoms with E-state index < -0.39 is 0 Å². The lowest BCUT2D eigenvalue weighted by Gasteiger charge is -2.05. The topological polar surface area (TPSA) is 54.4 Å². The molecule has 112 valence electrons. The first-order chi connectivity index (χ1) is 10.8. The Morgan fingerprint density at radius 2 is 1.82 bits per heavy atom. The summed E-state index contributed by atoms with van der Waals surface area (Å²) in [5.41, 5.74) is 5.17. The minimum absolute atomic E-state index is 0.423. The first kappa shape index (κ1) is 14.7. The summed E-state index contributed by atoms with van der Waals surface area (Å²) < 4.78 is 5.74. The summed E-state index contributed by atoms with van der Waals surface area (Å²) in [5, 5.41) is 11.7. The van der Waals surface area contributed by atoms with Crippen LogP contribution in [0.15, 0.2) is 60.0 Å². The molecule has 22 heavy (non-hydrogen) atoms. The van der Waals surface area contributed by atoms with Crippen molar-refractivity contribution in [2.45, 2.75) is 13.2 Å². The van der Waals surface area contributed by atoms with Crippen molar-refractivity contribution in [3.8, 4) is 16.3 Å². The zero-order chi connectivity index (χ0) is 15.2. The normalized spacial score (nSPS) is 10.6. The van der Waals surface area contributed by atoms with Crippen LogP contribution in [-0.4, -0.2) is 10.2 Å². The maximum absolute atomic E-state index is 8.65. The van der Waals surface area contributed by atoms with Crippen molar-refractivity contribution < 1.29 is 9.94 Å². The van der Waals surface area contributed by atoms with Gasteiger partial charge in [0, 0.05) is 17.5 Å². The Morgan fingerprint density at radius 1 is 1.05 bits per heavy atom. The van der Waals surface area contributed by atoms with Gasteiger partial charge < -0.3 is 9.94 Å². The third-order valence-electron chi connectivity index (χ3n) is 3.17. The van der Waals surface area contributed by atoms with E-state index in [2.05, 4.69) is 22.6 Å². The Morgan fingerprint density at radius 3 is 2.55 bits per heavy atom. The molecule has 0 unspecified atom stereocenters. The Hall–Kier alpha value is -2.21. The first-order valence-electron chi connectivity index (χ1n) is 6.93. The fourth-order valence-electron chi connectivity index (χ4n) is 2.04. The lowest BCUT2D eigenvalue weighted by atomic mass is 10.2. The van der Waals surface area contributed by atoms with E-state index in [0.717, 1.165) is 27.6 Å². The number of thiazole rings is 1. The maximum atomic E-state index is 8.65. The number of ether oxygens (including phenoxy) is 1. The van der Waals surface area contributed by atoms with Crippen LogP contribution in [0.5, 0.6) is 5.75 Å².